The molecule has 0 aliphatic carbocycles. The quantitative estimate of drug-likeness (QED) is 0.428. The van der Waals surface area contributed by atoms with Crippen LogP contribution in [-0.2, 0) is 21.6 Å². The van der Waals surface area contributed by atoms with Gasteiger partial charge in [-0.05, 0) is 45.7 Å². The van der Waals surface area contributed by atoms with Gasteiger partial charge in [-0.2, -0.15) is 0 Å². The molecular formula is C26H28N8O2. The highest BCUT2D eigenvalue weighted by molar-refractivity contribution is 6.06. The molecule has 36 heavy (non-hydrogen) atoms. The van der Waals surface area contributed by atoms with E-state index in [4.69, 9.17) is 9.72 Å². The number of anilines is 1. The number of hydrogen-bond donors (Lipinski definition) is 2. The van der Waals surface area contributed by atoms with Gasteiger partial charge in [0.1, 0.15) is 34.7 Å². The topological polar surface area (TPSA) is 120 Å². The van der Waals surface area contributed by atoms with E-state index in [2.05, 4.69) is 37.5 Å². The van der Waals surface area contributed by atoms with Crippen molar-refractivity contribution in [1.29, 1.82) is 0 Å². The molecule has 0 spiro atoms. The lowest BCUT2D eigenvalue weighted by Gasteiger charge is -2.26. The molecule has 1 amide bonds. The number of hydrogen-bond acceptors (Lipinski definition) is 8. The minimum Gasteiger partial charge on any atom is -0.377 e. The highest BCUT2D eigenvalue weighted by Crippen LogP contribution is 2.39. The SMILES string of the molecule is CCn1c(-c2cnc(C)nc2)nc2c(-c3ccc4c(c3)C(C)(NC[C@@H]3CCCO3)C(=O)N4)ncnc21. The molecular weight excluding hydrogens is 456 g/mol. The number of rotatable bonds is 6. The molecule has 6 rings (SSSR count). The van der Waals surface area contributed by atoms with E-state index in [0.717, 1.165) is 53.3 Å². The van der Waals surface area contributed by atoms with E-state index in [1.54, 1.807) is 18.7 Å². The zero-order chi connectivity index (χ0) is 24.9. The van der Waals surface area contributed by atoms with Gasteiger partial charge in [-0.15, -0.1) is 0 Å². The van der Waals surface area contributed by atoms with Crippen molar-refractivity contribution < 1.29 is 9.53 Å². The molecule has 5 heterocycles. The molecule has 1 unspecified atom stereocenters. The highest BCUT2D eigenvalue weighted by Gasteiger charge is 2.43. The van der Waals surface area contributed by atoms with E-state index in [1.807, 2.05) is 36.6 Å². The summed E-state index contributed by atoms with van der Waals surface area (Å²) in [6.07, 6.45) is 7.31. The molecule has 1 fully saturated rings. The van der Waals surface area contributed by atoms with E-state index in [0.29, 0.717) is 30.1 Å². The Morgan fingerprint density at radius 2 is 2.03 bits per heavy atom. The van der Waals surface area contributed by atoms with Gasteiger partial charge in [0.2, 0.25) is 5.91 Å². The normalized spacial score (nSPS) is 21.2. The predicted molar refractivity (Wildman–Crippen MR) is 135 cm³/mol. The minimum absolute atomic E-state index is 0.0719. The molecule has 0 saturated carbocycles. The molecule has 2 N–H and O–H groups in total. The first-order valence-corrected chi connectivity index (χ1v) is 12.3. The summed E-state index contributed by atoms with van der Waals surface area (Å²) in [6.45, 7) is 7.91. The summed E-state index contributed by atoms with van der Waals surface area (Å²) in [6, 6.07) is 5.92. The van der Waals surface area contributed by atoms with Gasteiger partial charge in [0.15, 0.2) is 5.65 Å². The summed E-state index contributed by atoms with van der Waals surface area (Å²) >= 11 is 0. The first-order valence-electron chi connectivity index (χ1n) is 12.3. The van der Waals surface area contributed by atoms with Crippen molar-refractivity contribution in [2.75, 3.05) is 18.5 Å². The third kappa shape index (κ3) is 3.64. The van der Waals surface area contributed by atoms with Crippen LogP contribution < -0.4 is 10.6 Å². The van der Waals surface area contributed by atoms with Crippen molar-refractivity contribution in [2.45, 2.75) is 51.8 Å². The van der Waals surface area contributed by atoms with Gasteiger partial charge in [0.25, 0.3) is 0 Å². The number of imidazole rings is 1. The molecule has 2 aliphatic heterocycles. The number of carbonyl (C=O) groups is 1. The van der Waals surface area contributed by atoms with Gasteiger partial charge < -0.3 is 14.6 Å². The first-order chi connectivity index (χ1) is 17.5. The summed E-state index contributed by atoms with van der Waals surface area (Å²) in [5.74, 6) is 1.38. The Bertz CT molecular complexity index is 1460. The van der Waals surface area contributed by atoms with Crippen LogP contribution in [0.4, 0.5) is 5.69 Å². The number of fused-ring (bicyclic) bond motifs is 2. The lowest BCUT2D eigenvalue weighted by molar-refractivity contribution is -0.121. The van der Waals surface area contributed by atoms with Crippen LogP contribution in [0.15, 0.2) is 36.9 Å². The summed E-state index contributed by atoms with van der Waals surface area (Å²) in [5, 5.41) is 6.49. The predicted octanol–water partition coefficient (Wildman–Crippen LogP) is 3.21. The fourth-order valence-electron chi connectivity index (χ4n) is 5.06. The maximum Gasteiger partial charge on any atom is 0.249 e. The summed E-state index contributed by atoms with van der Waals surface area (Å²) in [4.78, 5) is 35.8. The fourth-order valence-corrected chi connectivity index (χ4v) is 5.06. The zero-order valence-corrected chi connectivity index (χ0v) is 20.6. The number of ether oxygens (including phenoxy) is 1. The number of aryl methyl sites for hydroxylation is 2. The Morgan fingerprint density at radius 3 is 2.78 bits per heavy atom. The van der Waals surface area contributed by atoms with Crippen LogP contribution in [0.25, 0.3) is 33.8 Å². The minimum atomic E-state index is -0.864. The third-order valence-corrected chi connectivity index (χ3v) is 7.13. The lowest BCUT2D eigenvalue weighted by atomic mass is 9.91. The first kappa shape index (κ1) is 22.7. The smallest absolute Gasteiger partial charge is 0.249 e. The Balaban J connectivity index is 1.42. The summed E-state index contributed by atoms with van der Waals surface area (Å²) < 4.78 is 7.80. The molecule has 3 aromatic heterocycles. The maximum atomic E-state index is 13.0. The lowest BCUT2D eigenvalue weighted by Crippen LogP contribution is -2.48. The fraction of sp³-hybridized carbons (Fsp3) is 0.385. The van der Waals surface area contributed by atoms with Crippen LogP contribution in [0.1, 0.15) is 38.1 Å². The second-order valence-electron chi connectivity index (χ2n) is 9.45. The van der Waals surface area contributed by atoms with Crippen molar-refractivity contribution in [1.82, 2.24) is 34.8 Å². The van der Waals surface area contributed by atoms with Gasteiger partial charge >= 0.3 is 0 Å². The van der Waals surface area contributed by atoms with Gasteiger partial charge in [-0.3, -0.25) is 10.1 Å². The van der Waals surface area contributed by atoms with Gasteiger partial charge in [0, 0.05) is 48.9 Å². The number of carbonyl (C=O) groups excluding carboxylic acids is 1. The van der Waals surface area contributed by atoms with Gasteiger partial charge in [-0.25, -0.2) is 24.9 Å². The van der Waals surface area contributed by atoms with Crippen LogP contribution in [0.3, 0.4) is 0 Å². The Kier molecular flexibility index (Phi) is 5.50. The third-order valence-electron chi connectivity index (χ3n) is 7.13. The highest BCUT2D eigenvalue weighted by atomic mass is 16.5. The van der Waals surface area contributed by atoms with Crippen molar-refractivity contribution in [3.63, 3.8) is 0 Å². The number of nitrogens with one attached hydrogen (secondary N) is 2. The molecule has 1 aromatic carbocycles. The van der Waals surface area contributed by atoms with E-state index in [1.165, 1.54) is 0 Å². The Labute approximate surface area is 208 Å². The van der Waals surface area contributed by atoms with E-state index in [9.17, 15) is 4.79 Å². The number of aromatic nitrogens is 6. The molecule has 184 valence electrons. The largest absolute Gasteiger partial charge is 0.377 e. The molecule has 10 nitrogen and oxygen atoms in total. The Morgan fingerprint density at radius 1 is 1.19 bits per heavy atom. The van der Waals surface area contributed by atoms with E-state index >= 15 is 0 Å². The number of nitrogens with zero attached hydrogens (tertiary/aromatic N) is 6. The molecule has 4 aromatic rings. The van der Waals surface area contributed by atoms with E-state index in [-0.39, 0.29) is 12.0 Å². The van der Waals surface area contributed by atoms with Crippen LogP contribution >= 0.6 is 0 Å². The summed E-state index contributed by atoms with van der Waals surface area (Å²) in [7, 11) is 0. The van der Waals surface area contributed by atoms with Gasteiger partial charge in [-0.1, -0.05) is 6.07 Å². The number of amides is 1. The van der Waals surface area contributed by atoms with Crippen molar-refractivity contribution in [2.24, 2.45) is 0 Å². The molecule has 2 aliphatic rings. The van der Waals surface area contributed by atoms with Crippen molar-refractivity contribution >= 4 is 22.8 Å². The van der Waals surface area contributed by atoms with Gasteiger partial charge in [0.05, 0.1) is 11.7 Å². The molecule has 0 bridgehead atoms. The van der Waals surface area contributed by atoms with E-state index < -0.39 is 5.54 Å². The van der Waals surface area contributed by atoms with Crippen LogP contribution in [0.5, 0.6) is 0 Å². The molecule has 10 heteroatoms. The zero-order valence-electron chi connectivity index (χ0n) is 20.6. The second kappa shape index (κ2) is 8.72. The monoisotopic (exact) mass is 484 g/mol. The average molecular weight is 485 g/mol. The van der Waals surface area contributed by atoms with Crippen LogP contribution in [0.2, 0.25) is 0 Å². The number of benzene rings is 1. The van der Waals surface area contributed by atoms with Crippen molar-refractivity contribution in [3.8, 4) is 22.6 Å². The molecule has 2 atom stereocenters. The summed E-state index contributed by atoms with van der Waals surface area (Å²) in [5.41, 5.74) is 4.66. The standard InChI is InChI=1S/C26H28N8O2/c1-4-34-23(17-11-27-15(2)28-12-17)33-22-21(29-14-30-24(22)34)16-7-8-20-19(10-16)26(3,25(35)32-20)31-13-18-6-5-9-36-18/h7-8,10-12,14,18,31H,4-6,9,13H2,1-3H3,(H,32,35)/t18-,26?/m0/s1. The van der Waals surface area contributed by atoms with Crippen LogP contribution in [-0.4, -0.2) is 54.6 Å². The van der Waals surface area contributed by atoms with Crippen molar-refractivity contribution in [3.05, 3.63) is 48.3 Å². The Hall–Kier alpha value is -3.76. The molecule has 1 saturated heterocycles. The molecule has 0 radical (unpaired) electrons. The second-order valence-corrected chi connectivity index (χ2v) is 9.45. The maximum absolute atomic E-state index is 13.0. The van der Waals surface area contributed by atoms with Crippen LogP contribution in [0, 0.1) is 6.92 Å². The average Bonchev–Trinajstić information content (AvgIpc) is 3.60.